The molecule has 2 aromatic rings. The highest BCUT2D eigenvalue weighted by atomic mass is 19.1. The molecule has 2 N–H and O–H groups in total. The third-order valence-corrected chi connectivity index (χ3v) is 2.69. The van der Waals surface area contributed by atoms with E-state index in [1.54, 1.807) is 6.07 Å². The maximum Gasteiger partial charge on any atom is 0.146 e. The standard InChI is InChI=1S/C15H17FN2O/c1-10(2)19-12-7-5-11(6-8-12)14(17)15-13(16)4-3-9-18-15/h3-10,14H,17H2,1-2H3. The van der Waals surface area contributed by atoms with Crippen LogP contribution in [0.2, 0.25) is 0 Å². The van der Waals surface area contributed by atoms with E-state index in [2.05, 4.69) is 4.98 Å². The quantitative estimate of drug-likeness (QED) is 0.919. The van der Waals surface area contributed by atoms with Gasteiger partial charge >= 0.3 is 0 Å². The average Bonchev–Trinajstić information content (AvgIpc) is 2.39. The Bertz CT molecular complexity index is 540. The number of hydrogen-bond acceptors (Lipinski definition) is 3. The molecule has 100 valence electrons. The summed E-state index contributed by atoms with van der Waals surface area (Å²) in [5, 5.41) is 0. The van der Waals surface area contributed by atoms with Crippen LogP contribution >= 0.6 is 0 Å². The molecule has 2 rings (SSSR count). The minimum absolute atomic E-state index is 0.118. The summed E-state index contributed by atoms with van der Waals surface area (Å²) >= 11 is 0. The SMILES string of the molecule is CC(C)Oc1ccc(C(N)c2ncccc2F)cc1. The van der Waals surface area contributed by atoms with Crippen molar-refractivity contribution in [3.05, 3.63) is 59.7 Å². The number of aromatic nitrogens is 1. The van der Waals surface area contributed by atoms with E-state index < -0.39 is 11.9 Å². The Kier molecular flexibility index (Phi) is 4.12. The van der Waals surface area contributed by atoms with Gasteiger partial charge < -0.3 is 10.5 Å². The molecule has 3 nitrogen and oxygen atoms in total. The Balaban J connectivity index is 2.20. The summed E-state index contributed by atoms with van der Waals surface area (Å²) in [4.78, 5) is 3.99. The van der Waals surface area contributed by atoms with Crippen molar-refractivity contribution in [2.24, 2.45) is 5.73 Å². The van der Waals surface area contributed by atoms with Gasteiger partial charge in [0, 0.05) is 6.20 Å². The Morgan fingerprint density at radius 3 is 2.42 bits per heavy atom. The second-order valence-corrected chi connectivity index (χ2v) is 4.58. The lowest BCUT2D eigenvalue weighted by Crippen LogP contribution is -2.15. The molecule has 0 saturated carbocycles. The molecule has 4 heteroatoms. The molecular formula is C15H17FN2O. The molecule has 1 aromatic carbocycles. The zero-order valence-corrected chi connectivity index (χ0v) is 11.0. The van der Waals surface area contributed by atoms with Gasteiger partial charge in [-0.15, -0.1) is 0 Å². The van der Waals surface area contributed by atoms with Gasteiger partial charge in [0.15, 0.2) is 0 Å². The van der Waals surface area contributed by atoms with Crippen molar-refractivity contribution in [3.63, 3.8) is 0 Å². The molecule has 0 radical (unpaired) electrons. The second kappa shape index (κ2) is 5.80. The molecule has 1 aromatic heterocycles. The van der Waals surface area contributed by atoms with Gasteiger partial charge in [-0.1, -0.05) is 12.1 Å². The topological polar surface area (TPSA) is 48.1 Å². The van der Waals surface area contributed by atoms with Gasteiger partial charge in [-0.05, 0) is 43.7 Å². The number of hydrogen-bond donors (Lipinski definition) is 1. The molecule has 1 heterocycles. The number of pyridine rings is 1. The third-order valence-electron chi connectivity index (χ3n) is 2.69. The van der Waals surface area contributed by atoms with Gasteiger partial charge in [0.1, 0.15) is 11.6 Å². The van der Waals surface area contributed by atoms with Crippen LogP contribution in [0.15, 0.2) is 42.6 Å². The van der Waals surface area contributed by atoms with Crippen LogP contribution in [0.1, 0.15) is 31.1 Å². The van der Waals surface area contributed by atoms with Crippen LogP contribution in [0.4, 0.5) is 4.39 Å². The number of nitrogens with zero attached hydrogens (tertiary/aromatic N) is 1. The Labute approximate surface area is 112 Å². The van der Waals surface area contributed by atoms with Crippen LogP contribution in [-0.4, -0.2) is 11.1 Å². The lowest BCUT2D eigenvalue weighted by Gasteiger charge is -2.14. The normalized spacial score (nSPS) is 12.5. The Hall–Kier alpha value is -1.94. The molecule has 0 bridgehead atoms. The molecule has 0 fully saturated rings. The van der Waals surface area contributed by atoms with Crippen molar-refractivity contribution in [1.82, 2.24) is 4.98 Å². The van der Waals surface area contributed by atoms with E-state index in [9.17, 15) is 4.39 Å². The fourth-order valence-electron chi connectivity index (χ4n) is 1.81. The van der Waals surface area contributed by atoms with Crippen molar-refractivity contribution in [2.75, 3.05) is 0 Å². The van der Waals surface area contributed by atoms with Crippen LogP contribution in [0.3, 0.4) is 0 Å². The van der Waals surface area contributed by atoms with Gasteiger partial charge in [0.25, 0.3) is 0 Å². The molecule has 19 heavy (non-hydrogen) atoms. The first-order valence-corrected chi connectivity index (χ1v) is 6.20. The molecule has 1 atom stereocenters. The summed E-state index contributed by atoms with van der Waals surface area (Å²) in [7, 11) is 0. The van der Waals surface area contributed by atoms with Crippen molar-refractivity contribution in [3.8, 4) is 5.75 Å². The first-order valence-electron chi connectivity index (χ1n) is 6.20. The monoisotopic (exact) mass is 260 g/mol. The van der Waals surface area contributed by atoms with Gasteiger partial charge in [-0.2, -0.15) is 0 Å². The number of ether oxygens (including phenoxy) is 1. The second-order valence-electron chi connectivity index (χ2n) is 4.58. The number of nitrogens with two attached hydrogens (primary N) is 1. The van der Waals surface area contributed by atoms with Gasteiger partial charge in [-0.25, -0.2) is 4.39 Å². The van der Waals surface area contributed by atoms with Crippen LogP contribution in [0.5, 0.6) is 5.75 Å². The fraction of sp³-hybridized carbons (Fsp3) is 0.267. The summed E-state index contributed by atoms with van der Waals surface area (Å²) in [6.07, 6.45) is 1.65. The fourth-order valence-corrected chi connectivity index (χ4v) is 1.81. The van der Waals surface area contributed by atoms with E-state index in [4.69, 9.17) is 10.5 Å². The van der Waals surface area contributed by atoms with Crippen molar-refractivity contribution < 1.29 is 9.13 Å². The molecule has 0 aliphatic rings. The van der Waals surface area contributed by atoms with E-state index in [-0.39, 0.29) is 11.8 Å². The van der Waals surface area contributed by atoms with Crippen LogP contribution in [-0.2, 0) is 0 Å². The van der Waals surface area contributed by atoms with Crippen molar-refractivity contribution in [2.45, 2.75) is 26.0 Å². The molecule has 0 spiro atoms. The number of benzene rings is 1. The zero-order valence-electron chi connectivity index (χ0n) is 11.0. The first kappa shape index (κ1) is 13.5. The van der Waals surface area contributed by atoms with Crippen LogP contribution < -0.4 is 10.5 Å². The lowest BCUT2D eigenvalue weighted by molar-refractivity contribution is 0.242. The highest BCUT2D eigenvalue weighted by Gasteiger charge is 2.14. The zero-order chi connectivity index (χ0) is 13.8. The first-order chi connectivity index (χ1) is 9.08. The van der Waals surface area contributed by atoms with Gasteiger partial charge in [-0.3, -0.25) is 4.98 Å². The molecule has 0 aliphatic heterocycles. The third kappa shape index (κ3) is 3.29. The van der Waals surface area contributed by atoms with Gasteiger partial charge in [0.2, 0.25) is 0 Å². The maximum absolute atomic E-state index is 13.6. The highest BCUT2D eigenvalue weighted by molar-refractivity contribution is 5.33. The lowest BCUT2D eigenvalue weighted by atomic mass is 10.0. The summed E-state index contributed by atoms with van der Waals surface area (Å²) in [5.41, 5.74) is 7.07. The number of halogens is 1. The molecule has 0 aliphatic carbocycles. The molecule has 1 unspecified atom stereocenters. The van der Waals surface area contributed by atoms with E-state index >= 15 is 0 Å². The van der Waals surface area contributed by atoms with E-state index in [0.717, 1.165) is 11.3 Å². The van der Waals surface area contributed by atoms with E-state index in [1.165, 1.54) is 12.3 Å². The molecular weight excluding hydrogens is 243 g/mol. The Morgan fingerprint density at radius 1 is 1.16 bits per heavy atom. The van der Waals surface area contributed by atoms with Crippen molar-refractivity contribution in [1.29, 1.82) is 0 Å². The smallest absolute Gasteiger partial charge is 0.146 e. The van der Waals surface area contributed by atoms with Crippen LogP contribution in [0.25, 0.3) is 0 Å². The molecule has 0 amide bonds. The van der Waals surface area contributed by atoms with Crippen molar-refractivity contribution >= 4 is 0 Å². The van der Waals surface area contributed by atoms with E-state index in [1.807, 2.05) is 38.1 Å². The summed E-state index contributed by atoms with van der Waals surface area (Å²) in [6, 6.07) is 9.65. The van der Waals surface area contributed by atoms with Gasteiger partial charge in [0.05, 0.1) is 17.8 Å². The molecule has 0 saturated heterocycles. The van der Waals surface area contributed by atoms with E-state index in [0.29, 0.717) is 0 Å². The predicted molar refractivity (Wildman–Crippen MR) is 72.4 cm³/mol. The minimum atomic E-state index is -0.575. The average molecular weight is 260 g/mol. The predicted octanol–water partition coefficient (Wildman–Crippen LogP) is 3.06. The summed E-state index contributed by atoms with van der Waals surface area (Å²) in [5.74, 6) is 0.380. The largest absolute Gasteiger partial charge is 0.491 e. The minimum Gasteiger partial charge on any atom is -0.491 e. The number of rotatable bonds is 4. The summed E-state index contributed by atoms with van der Waals surface area (Å²) < 4.78 is 19.2. The highest BCUT2D eigenvalue weighted by Crippen LogP contribution is 2.22. The Morgan fingerprint density at radius 2 is 1.84 bits per heavy atom. The maximum atomic E-state index is 13.6. The summed E-state index contributed by atoms with van der Waals surface area (Å²) in [6.45, 7) is 3.92. The van der Waals surface area contributed by atoms with Crippen LogP contribution in [0, 0.1) is 5.82 Å².